The molecule has 0 radical (unpaired) electrons. The molecule has 1 amide bonds. The van der Waals surface area contributed by atoms with Crippen LogP contribution in [0.1, 0.15) is 34.6 Å². The zero-order valence-corrected chi connectivity index (χ0v) is 13.2. The highest BCUT2D eigenvalue weighted by atomic mass is 16.2. The van der Waals surface area contributed by atoms with E-state index in [1.54, 1.807) is 0 Å². The van der Waals surface area contributed by atoms with Gasteiger partial charge in [0.2, 0.25) is 5.91 Å². The molecule has 19 heavy (non-hydrogen) atoms. The topological polar surface area (TPSA) is 32.3 Å². The van der Waals surface area contributed by atoms with Crippen molar-refractivity contribution in [3.63, 3.8) is 0 Å². The Hall–Kier alpha value is -0.830. The molecule has 1 N–H and O–H groups in total. The predicted octanol–water partition coefficient (Wildman–Crippen LogP) is 2.29. The summed E-state index contributed by atoms with van der Waals surface area (Å²) in [5.74, 6) is 1.48. The number of rotatable bonds is 3. The van der Waals surface area contributed by atoms with Gasteiger partial charge in [0.25, 0.3) is 0 Å². The first kappa shape index (κ1) is 14.6. The number of nitrogens with one attached hydrogen (secondary N) is 1. The third-order valence-electron chi connectivity index (χ3n) is 5.19. The number of likely N-dealkylation sites (N-methyl/N-ethyl adjacent to an activating group) is 1. The quantitative estimate of drug-likeness (QED) is 0.793. The van der Waals surface area contributed by atoms with Crippen molar-refractivity contribution >= 4 is 5.91 Å². The van der Waals surface area contributed by atoms with Crippen molar-refractivity contribution in [2.24, 2.45) is 22.7 Å². The van der Waals surface area contributed by atoms with E-state index >= 15 is 0 Å². The van der Waals surface area contributed by atoms with Gasteiger partial charge in [-0.25, -0.2) is 0 Å². The molecule has 0 aromatic carbocycles. The van der Waals surface area contributed by atoms with E-state index in [1.807, 2.05) is 18.0 Å². The fourth-order valence-electron chi connectivity index (χ4n) is 3.94. The van der Waals surface area contributed by atoms with Crippen LogP contribution in [0.2, 0.25) is 0 Å². The number of fused-ring (bicyclic) bond motifs is 1. The van der Waals surface area contributed by atoms with E-state index in [9.17, 15) is 4.79 Å². The SMILES string of the molecule is C=CC1[C@@H]2[C@H](CN1C(=O)C(NC)C(C)(C)C)C2(C)C. The number of carbonyl (C=O) groups excluding carboxylic acids is 1. The average molecular weight is 264 g/mol. The van der Waals surface area contributed by atoms with Crippen LogP contribution < -0.4 is 5.32 Å². The van der Waals surface area contributed by atoms with E-state index < -0.39 is 0 Å². The summed E-state index contributed by atoms with van der Waals surface area (Å²) in [6, 6.07) is 0.0845. The van der Waals surface area contributed by atoms with E-state index in [0.29, 0.717) is 17.3 Å². The summed E-state index contributed by atoms with van der Waals surface area (Å²) < 4.78 is 0. The van der Waals surface area contributed by atoms with Gasteiger partial charge in [0.1, 0.15) is 0 Å². The summed E-state index contributed by atoms with van der Waals surface area (Å²) in [4.78, 5) is 14.8. The van der Waals surface area contributed by atoms with Crippen LogP contribution in [0.15, 0.2) is 12.7 Å². The first-order chi connectivity index (χ1) is 8.66. The summed E-state index contributed by atoms with van der Waals surface area (Å²) in [7, 11) is 1.87. The zero-order chi connectivity index (χ0) is 14.6. The maximum Gasteiger partial charge on any atom is 0.240 e. The molecular weight excluding hydrogens is 236 g/mol. The standard InChI is InChI=1S/C16H28N2O/c1-8-11-12-10(16(12,5)6)9-18(11)14(19)13(17-7)15(2,3)4/h8,10-13,17H,1,9H2,2-7H3/t10-,11?,12-,13?/m0/s1. The van der Waals surface area contributed by atoms with Crippen LogP contribution in [0.25, 0.3) is 0 Å². The smallest absolute Gasteiger partial charge is 0.240 e. The number of hydrogen-bond acceptors (Lipinski definition) is 2. The van der Waals surface area contributed by atoms with Crippen LogP contribution in [-0.2, 0) is 4.79 Å². The Morgan fingerprint density at radius 2 is 2.05 bits per heavy atom. The summed E-state index contributed by atoms with van der Waals surface area (Å²) in [5, 5.41) is 3.19. The van der Waals surface area contributed by atoms with Gasteiger partial charge in [-0.1, -0.05) is 40.7 Å². The molecule has 4 atom stereocenters. The molecule has 3 heteroatoms. The molecule has 2 aliphatic rings. The number of nitrogens with zero attached hydrogens (tertiary/aromatic N) is 1. The number of likely N-dealkylation sites (tertiary alicyclic amines) is 1. The lowest BCUT2D eigenvalue weighted by molar-refractivity contribution is -0.137. The van der Waals surface area contributed by atoms with Crippen LogP contribution in [0.3, 0.4) is 0 Å². The molecule has 2 rings (SSSR count). The Balaban J connectivity index is 2.16. The van der Waals surface area contributed by atoms with Gasteiger partial charge >= 0.3 is 0 Å². The number of hydrogen-bond donors (Lipinski definition) is 1. The van der Waals surface area contributed by atoms with E-state index in [2.05, 4.69) is 46.5 Å². The molecule has 2 unspecified atom stereocenters. The highest BCUT2D eigenvalue weighted by Gasteiger charge is 2.67. The van der Waals surface area contributed by atoms with Crippen molar-refractivity contribution in [1.29, 1.82) is 0 Å². The van der Waals surface area contributed by atoms with Gasteiger partial charge in [0.15, 0.2) is 0 Å². The average Bonchev–Trinajstić information content (AvgIpc) is 2.69. The lowest BCUT2D eigenvalue weighted by atomic mass is 9.85. The van der Waals surface area contributed by atoms with Gasteiger partial charge in [0.05, 0.1) is 12.1 Å². The van der Waals surface area contributed by atoms with E-state index in [4.69, 9.17) is 0 Å². The van der Waals surface area contributed by atoms with Crippen molar-refractivity contribution in [2.45, 2.75) is 46.7 Å². The Bertz CT molecular complexity index is 394. The summed E-state index contributed by atoms with van der Waals surface area (Å²) in [6.45, 7) is 15.8. The monoisotopic (exact) mass is 264 g/mol. The minimum Gasteiger partial charge on any atom is -0.334 e. The predicted molar refractivity (Wildman–Crippen MR) is 78.8 cm³/mol. The maximum atomic E-state index is 12.8. The van der Waals surface area contributed by atoms with Gasteiger partial charge in [-0.2, -0.15) is 0 Å². The van der Waals surface area contributed by atoms with E-state index in [0.717, 1.165) is 6.54 Å². The summed E-state index contributed by atoms with van der Waals surface area (Å²) in [5.41, 5.74) is 0.312. The van der Waals surface area contributed by atoms with E-state index in [-0.39, 0.29) is 23.4 Å². The number of piperidine rings is 1. The second-order valence-electron chi connectivity index (χ2n) is 7.76. The van der Waals surface area contributed by atoms with Gasteiger partial charge < -0.3 is 10.2 Å². The molecule has 2 fully saturated rings. The Kier molecular flexibility index (Phi) is 3.33. The molecule has 1 saturated heterocycles. The molecule has 0 bridgehead atoms. The molecule has 0 spiro atoms. The van der Waals surface area contributed by atoms with E-state index in [1.165, 1.54) is 0 Å². The van der Waals surface area contributed by atoms with Crippen LogP contribution in [0.4, 0.5) is 0 Å². The molecule has 1 aliphatic heterocycles. The lowest BCUT2D eigenvalue weighted by Gasteiger charge is -2.36. The highest BCUT2D eigenvalue weighted by Crippen LogP contribution is 2.65. The second-order valence-corrected chi connectivity index (χ2v) is 7.76. The fourth-order valence-corrected chi connectivity index (χ4v) is 3.94. The van der Waals surface area contributed by atoms with Crippen molar-refractivity contribution in [3.05, 3.63) is 12.7 Å². The van der Waals surface area contributed by atoms with Crippen molar-refractivity contribution in [2.75, 3.05) is 13.6 Å². The Morgan fingerprint density at radius 1 is 1.47 bits per heavy atom. The van der Waals surface area contributed by atoms with Crippen LogP contribution in [0.5, 0.6) is 0 Å². The third kappa shape index (κ3) is 2.12. The minimum atomic E-state index is -0.129. The number of carbonyl (C=O) groups is 1. The molecule has 1 saturated carbocycles. The zero-order valence-electron chi connectivity index (χ0n) is 13.2. The van der Waals surface area contributed by atoms with Crippen molar-refractivity contribution in [1.82, 2.24) is 10.2 Å². The van der Waals surface area contributed by atoms with Crippen LogP contribution in [0, 0.1) is 22.7 Å². The highest BCUT2D eigenvalue weighted by molar-refractivity contribution is 5.84. The second kappa shape index (κ2) is 4.34. The largest absolute Gasteiger partial charge is 0.334 e. The third-order valence-corrected chi connectivity index (χ3v) is 5.19. The van der Waals surface area contributed by atoms with Crippen molar-refractivity contribution in [3.8, 4) is 0 Å². The van der Waals surface area contributed by atoms with Crippen molar-refractivity contribution < 1.29 is 4.79 Å². The van der Waals surface area contributed by atoms with Gasteiger partial charge in [-0.05, 0) is 29.7 Å². The summed E-state index contributed by atoms with van der Waals surface area (Å²) in [6.07, 6.45) is 1.96. The first-order valence-electron chi connectivity index (χ1n) is 7.26. The van der Waals surface area contributed by atoms with Crippen LogP contribution >= 0.6 is 0 Å². The normalized spacial score (nSPS) is 33.8. The molecule has 0 aromatic heterocycles. The minimum absolute atomic E-state index is 0.0696. The molecule has 0 aromatic rings. The molecule has 3 nitrogen and oxygen atoms in total. The molecule has 1 aliphatic carbocycles. The summed E-state index contributed by atoms with van der Waals surface area (Å²) >= 11 is 0. The van der Waals surface area contributed by atoms with Crippen LogP contribution in [-0.4, -0.2) is 36.5 Å². The molecular formula is C16H28N2O. The fraction of sp³-hybridized carbons (Fsp3) is 0.812. The Labute approximate surface area is 117 Å². The number of amides is 1. The first-order valence-corrected chi connectivity index (χ1v) is 7.26. The molecule has 108 valence electrons. The lowest BCUT2D eigenvalue weighted by Crippen LogP contribution is -2.54. The molecule has 1 heterocycles. The maximum absolute atomic E-state index is 12.8. The van der Waals surface area contributed by atoms with Gasteiger partial charge in [-0.3, -0.25) is 4.79 Å². The van der Waals surface area contributed by atoms with Gasteiger partial charge in [0, 0.05) is 6.54 Å². The van der Waals surface area contributed by atoms with Gasteiger partial charge in [-0.15, -0.1) is 6.58 Å². The Morgan fingerprint density at radius 3 is 2.47 bits per heavy atom.